The molecule has 5 heterocycles. The molecule has 0 radical (unpaired) electrons. The molecule has 1 saturated heterocycles. The van der Waals surface area contributed by atoms with E-state index in [2.05, 4.69) is 66.6 Å². The summed E-state index contributed by atoms with van der Waals surface area (Å²) in [7, 11) is 2.18. The second-order valence-corrected chi connectivity index (χ2v) is 11.1. The fourth-order valence-corrected chi connectivity index (χ4v) is 6.02. The molecule has 3 N–H and O–H groups in total. The van der Waals surface area contributed by atoms with Gasteiger partial charge in [-0.05, 0) is 68.2 Å². The van der Waals surface area contributed by atoms with Crippen molar-refractivity contribution in [2.45, 2.75) is 32.2 Å². The Kier molecular flexibility index (Phi) is 6.46. The van der Waals surface area contributed by atoms with Crippen LogP contribution in [0.3, 0.4) is 0 Å². The number of pyridine rings is 2. The number of benzene rings is 1. The molecule has 0 atom stereocenters. The van der Waals surface area contributed by atoms with E-state index in [-0.39, 0.29) is 0 Å². The van der Waals surface area contributed by atoms with Crippen LogP contribution in [0.15, 0.2) is 48.8 Å². The Hall–Kier alpha value is -3.82. The van der Waals surface area contributed by atoms with Gasteiger partial charge in [-0.15, -0.1) is 0 Å². The average Bonchev–Trinajstić information content (AvgIpc) is 3.73. The van der Waals surface area contributed by atoms with Gasteiger partial charge in [-0.3, -0.25) is 10.1 Å². The molecule has 0 spiro atoms. The second kappa shape index (κ2) is 10.4. The van der Waals surface area contributed by atoms with Gasteiger partial charge in [0.2, 0.25) is 0 Å². The van der Waals surface area contributed by atoms with Crippen molar-refractivity contribution in [2.24, 2.45) is 5.92 Å². The Bertz CT molecular complexity index is 1590. The lowest BCUT2D eigenvalue weighted by atomic mass is 10.1. The Morgan fingerprint density at radius 3 is 2.69 bits per heavy atom. The summed E-state index contributed by atoms with van der Waals surface area (Å²) in [5.41, 5.74) is 8.63. The van der Waals surface area contributed by atoms with Gasteiger partial charge in [-0.2, -0.15) is 5.10 Å². The maximum absolute atomic E-state index is 5.03. The highest BCUT2D eigenvalue weighted by atomic mass is 15.3. The molecule has 1 aliphatic heterocycles. The Morgan fingerprint density at radius 2 is 1.82 bits per heavy atom. The number of nitrogens with one attached hydrogen (secondary N) is 3. The number of anilines is 1. The fraction of sp³-hybridized carbons (Fsp3) is 0.400. The number of imidazole rings is 1. The molecule has 1 aliphatic carbocycles. The maximum Gasteiger partial charge on any atom is 0.161 e. The van der Waals surface area contributed by atoms with E-state index in [0.29, 0.717) is 0 Å². The first-order chi connectivity index (χ1) is 19.2. The van der Waals surface area contributed by atoms with Crippen molar-refractivity contribution in [2.75, 3.05) is 44.7 Å². The number of rotatable bonds is 7. The van der Waals surface area contributed by atoms with Crippen molar-refractivity contribution in [3.8, 4) is 22.8 Å². The van der Waals surface area contributed by atoms with Crippen LogP contribution in [-0.2, 0) is 6.54 Å². The molecule has 4 aromatic heterocycles. The monoisotopic (exact) mass is 521 g/mol. The lowest BCUT2D eigenvalue weighted by Crippen LogP contribution is -2.44. The van der Waals surface area contributed by atoms with E-state index in [4.69, 9.17) is 9.97 Å². The zero-order valence-electron chi connectivity index (χ0n) is 22.5. The normalized spacial score (nSPS) is 17.1. The standard InChI is InChI=1S/C30H35N9/c1-38-11-13-39(14-12-38)26-8-4-7-24-27(26)35-30(34-24)29-28-25(36-37-29)10-9-23(33-28)22-15-21(18-32-19-22)17-31-16-20-5-2-3-6-20/h4,7-10,15,18-20,31H,2-3,5-6,11-14,16-17H2,1H3,(H,34,35)(H,36,37). The minimum atomic E-state index is 0.727. The number of nitrogens with zero attached hydrogens (tertiary/aromatic N) is 6. The molecule has 5 aromatic rings. The predicted octanol–water partition coefficient (Wildman–Crippen LogP) is 4.59. The van der Waals surface area contributed by atoms with Crippen molar-refractivity contribution < 1.29 is 0 Å². The fourth-order valence-electron chi connectivity index (χ4n) is 6.02. The Labute approximate surface area is 228 Å². The van der Waals surface area contributed by atoms with Gasteiger partial charge < -0.3 is 20.1 Å². The third-order valence-corrected chi connectivity index (χ3v) is 8.29. The number of H-pyrrole nitrogens is 2. The number of piperazine rings is 1. The van der Waals surface area contributed by atoms with E-state index in [1.807, 2.05) is 24.5 Å². The van der Waals surface area contributed by atoms with Crippen molar-refractivity contribution >= 4 is 27.8 Å². The molecule has 9 nitrogen and oxygen atoms in total. The van der Waals surface area contributed by atoms with E-state index in [9.17, 15) is 0 Å². The summed E-state index contributed by atoms with van der Waals surface area (Å²) in [4.78, 5) is 22.9. The summed E-state index contributed by atoms with van der Waals surface area (Å²) < 4.78 is 0. The van der Waals surface area contributed by atoms with Crippen LogP contribution in [0.5, 0.6) is 0 Å². The van der Waals surface area contributed by atoms with Gasteiger partial charge in [0.25, 0.3) is 0 Å². The number of hydrogen-bond acceptors (Lipinski definition) is 7. The molecule has 39 heavy (non-hydrogen) atoms. The largest absolute Gasteiger partial charge is 0.367 e. The van der Waals surface area contributed by atoms with Gasteiger partial charge in [0, 0.05) is 50.7 Å². The second-order valence-electron chi connectivity index (χ2n) is 11.1. The van der Waals surface area contributed by atoms with Crippen LogP contribution in [0.25, 0.3) is 44.8 Å². The number of para-hydroxylation sites is 1. The maximum atomic E-state index is 5.03. The van der Waals surface area contributed by atoms with E-state index >= 15 is 0 Å². The first-order valence-corrected chi connectivity index (χ1v) is 14.1. The molecule has 1 aromatic carbocycles. The number of hydrogen-bond donors (Lipinski definition) is 3. The smallest absolute Gasteiger partial charge is 0.161 e. The van der Waals surface area contributed by atoms with Crippen LogP contribution in [0.4, 0.5) is 5.69 Å². The SMILES string of the molecule is CN1CCN(c2cccc3[nH]c(-c4n[nH]c5ccc(-c6cncc(CNCC7CCCC7)c6)nc45)nc23)CC1. The summed E-state index contributed by atoms with van der Waals surface area (Å²) in [5, 5.41) is 11.4. The lowest BCUT2D eigenvalue weighted by Gasteiger charge is -2.34. The summed E-state index contributed by atoms with van der Waals surface area (Å²) in [6.07, 6.45) is 9.28. The highest BCUT2D eigenvalue weighted by Gasteiger charge is 2.20. The van der Waals surface area contributed by atoms with E-state index < -0.39 is 0 Å². The molecule has 0 unspecified atom stereocenters. The van der Waals surface area contributed by atoms with Crippen LogP contribution in [-0.4, -0.2) is 74.8 Å². The van der Waals surface area contributed by atoms with Crippen molar-refractivity contribution in [1.29, 1.82) is 0 Å². The quantitative estimate of drug-likeness (QED) is 0.288. The van der Waals surface area contributed by atoms with E-state index in [0.717, 1.165) is 90.0 Å². The molecule has 7 rings (SSSR count). The van der Waals surface area contributed by atoms with Crippen molar-refractivity contribution in [3.63, 3.8) is 0 Å². The minimum absolute atomic E-state index is 0.727. The molecule has 9 heteroatoms. The zero-order chi connectivity index (χ0) is 26.2. The van der Waals surface area contributed by atoms with Crippen molar-refractivity contribution in [1.82, 2.24) is 40.3 Å². The summed E-state index contributed by atoms with van der Waals surface area (Å²) in [6.45, 7) is 6.01. The van der Waals surface area contributed by atoms with Crippen LogP contribution in [0.2, 0.25) is 0 Å². The number of likely N-dealkylation sites (N-methyl/N-ethyl adjacent to an activating group) is 1. The van der Waals surface area contributed by atoms with Gasteiger partial charge in [0.05, 0.1) is 22.4 Å². The first-order valence-electron chi connectivity index (χ1n) is 14.1. The van der Waals surface area contributed by atoms with Crippen molar-refractivity contribution in [3.05, 3.63) is 54.4 Å². The molecule has 0 amide bonds. The molecule has 2 aliphatic rings. The van der Waals surface area contributed by atoms with Gasteiger partial charge in [-0.25, -0.2) is 9.97 Å². The number of aromatic amines is 2. The number of fused-ring (bicyclic) bond motifs is 2. The molecule has 200 valence electrons. The Balaban J connectivity index is 1.17. The van der Waals surface area contributed by atoms with Gasteiger partial charge >= 0.3 is 0 Å². The summed E-state index contributed by atoms with van der Waals surface area (Å²) in [6, 6.07) is 12.6. The van der Waals surface area contributed by atoms with Gasteiger partial charge in [-0.1, -0.05) is 18.9 Å². The van der Waals surface area contributed by atoms with Crippen LogP contribution >= 0.6 is 0 Å². The zero-order valence-corrected chi connectivity index (χ0v) is 22.5. The van der Waals surface area contributed by atoms with Gasteiger partial charge in [0.1, 0.15) is 11.0 Å². The first kappa shape index (κ1) is 24.2. The summed E-state index contributed by atoms with van der Waals surface area (Å²) in [5.74, 6) is 1.55. The highest BCUT2D eigenvalue weighted by Crippen LogP contribution is 2.31. The molecule has 0 bridgehead atoms. The summed E-state index contributed by atoms with van der Waals surface area (Å²) >= 11 is 0. The van der Waals surface area contributed by atoms with Crippen LogP contribution in [0, 0.1) is 5.92 Å². The third kappa shape index (κ3) is 4.88. The Morgan fingerprint density at radius 1 is 0.949 bits per heavy atom. The predicted molar refractivity (Wildman–Crippen MR) is 156 cm³/mol. The van der Waals surface area contributed by atoms with Gasteiger partial charge in [0.15, 0.2) is 11.5 Å². The van der Waals surface area contributed by atoms with E-state index in [1.165, 1.54) is 36.9 Å². The third-order valence-electron chi connectivity index (χ3n) is 8.29. The molecule has 2 fully saturated rings. The lowest BCUT2D eigenvalue weighted by molar-refractivity contribution is 0.313. The number of aromatic nitrogens is 6. The average molecular weight is 522 g/mol. The van der Waals surface area contributed by atoms with E-state index in [1.54, 1.807) is 0 Å². The molecular formula is C30H35N9. The highest BCUT2D eigenvalue weighted by molar-refractivity contribution is 5.95. The van der Waals surface area contributed by atoms with Crippen LogP contribution in [0.1, 0.15) is 31.2 Å². The topological polar surface area (TPSA) is 102 Å². The molecular weight excluding hydrogens is 486 g/mol. The van der Waals surface area contributed by atoms with Crippen LogP contribution < -0.4 is 10.2 Å². The minimum Gasteiger partial charge on any atom is -0.367 e. The molecule has 1 saturated carbocycles.